The van der Waals surface area contributed by atoms with Gasteiger partial charge in [0, 0.05) is 0 Å². The summed E-state index contributed by atoms with van der Waals surface area (Å²) in [5.74, 6) is -0.250. The van der Waals surface area contributed by atoms with Crippen LogP contribution in [0.4, 0.5) is 0 Å². The molecule has 0 aliphatic heterocycles. The van der Waals surface area contributed by atoms with Crippen LogP contribution in [0.2, 0.25) is 0 Å². The zero-order valence-electron chi connectivity index (χ0n) is 13.6. The van der Waals surface area contributed by atoms with Gasteiger partial charge < -0.3 is 4.74 Å². The van der Waals surface area contributed by atoms with Gasteiger partial charge in [-0.25, -0.2) is 0 Å². The molecular weight excluding hydrogens is 286 g/mol. The molecule has 120 valence electrons. The molecular formula is C20H23NO2. The molecule has 0 saturated heterocycles. The molecule has 0 aliphatic carbocycles. The number of hydrogen-bond donors (Lipinski definition) is 1. The average Bonchev–Trinajstić information content (AvgIpc) is 2.61. The molecule has 2 aromatic rings. The molecule has 0 heterocycles. The lowest BCUT2D eigenvalue weighted by Gasteiger charge is -2.23. The fourth-order valence-electron chi connectivity index (χ4n) is 2.35. The van der Waals surface area contributed by atoms with Crippen LogP contribution >= 0.6 is 0 Å². The van der Waals surface area contributed by atoms with Crippen LogP contribution < -0.4 is 5.32 Å². The van der Waals surface area contributed by atoms with E-state index in [9.17, 15) is 4.79 Å². The quantitative estimate of drug-likeness (QED) is 0.623. The Morgan fingerprint density at radius 3 is 2.04 bits per heavy atom. The molecule has 2 rings (SSSR count). The highest BCUT2D eigenvalue weighted by Crippen LogP contribution is 2.22. The summed E-state index contributed by atoms with van der Waals surface area (Å²) in [5.41, 5.74) is 2.23. The Morgan fingerprint density at radius 2 is 1.57 bits per heavy atom. The number of hydrogen-bond acceptors (Lipinski definition) is 3. The van der Waals surface area contributed by atoms with Crippen molar-refractivity contribution in [3.05, 3.63) is 83.9 Å². The van der Waals surface area contributed by atoms with Gasteiger partial charge in [0.1, 0.15) is 12.6 Å². The third-order valence-corrected chi connectivity index (χ3v) is 3.59. The van der Waals surface area contributed by atoms with Crippen LogP contribution in [-0.2, 0) is 9.53 Å². The Hall–Kier alpha value is -2.39. The molecule has 0 saturated carbocycles. The molecule has 0 aliphatic rings. The van der Waals surface area contributed by atoms with Gasteiger partial charge in [0.05, 0.1) is 6.04 Å². The molecule has 23 heavy (non-hydrogen) atoms. The molecule has 3 nitrogen and oxygen atoms in total. The number of benzene rings is 2. The van der Waals surface area contributed by atoms with E-state index in [1.807, 2.05) is 62.4 Å². The smallest absolute Gasteiger partial charge is 0.323 e. The van der Waals surface area contributed by atoms with E-state index in [4.69, 9.17) is 4.74 Å². The van der Waals surface area contributed by atoms with Crippen molar-refractivity contribution in [3.8, 4) is 0 Å². The van der Waals surface area contributed by atoms with E-state index in [0.29, 0.717) is 6.61 Å². The summed E-state index contributed by atoms with van der Waals surface area (Å²) < 4.78 is 5.23. The van der Waals surface area contributed by atoms with Gasteiger partial charge in [-0.2, -0.15) is 0 Å². The van der Waals surface area contributed by atoms with Gasteiger partial charge in [-0.3, -0.25) is 10.1 Å². The number of esters is 1. The Balaban J connectivity index is 2.14. The second-order valence-corrected chi connectivity index (χ2v) is 5.34. The lowest BCUT2D eigenvalue weighted by Crippen LogP contribution is -2.38. The van der Waals surface area contributed by atoms with E-state index < -0.39 is 6.04 Å². The van der Waals surface area contributed by atoms with Crippen LogP contribution in [0.1, 0.15) is 31.0 Å². The summed E-state index contributed by atoms with van der Waals surface area (Å²) >= 11 is 0. The Bertz CT molecular complexity index is 583. The van der Waals surface area contributed by atoms with Crippen LogP contribution in [0.5, 0.6) is 0 Å². The molecule has 3 heteroatoms. The molecule has 0 radical (unpaired) electrons. The standard InChI is InChI=1S/C20H23NO2/c1-3-4-15-23-20(22)16(2)21-19(17-11-7-5-8-12-17)18-13-9-6-10-14-18/h3-14,16,19,21H,15H2,1-2H3/t16-/m0/s1. The average molecular weight is 309 g/mol. The third kappa shape index (κ3) is 5.08. The first-order valence-electron chi connectivity index (χ1n) is 7.86. The molecule has 0 aromatic heterocycles. The molecule has 0 spiro atoms. The predicted molar refractivity (Wildman–Crippen MR) is 93.1 cm³/mol. The highest BCUT2D eigenvalue weighted by Gasteiger charge is 2.21. The van der Waals surface area contributed by atoms with Gasteiger partial charge in [-0.15, -0.1) is 0 Å². The van der Waals surface area contributed by atoms with Gasteiger partial charge in [-0.1, -0.05) is 72.8 Å². The van der Waals surface area contributed by atoms with Crippen molar-refractivity contribution in [1.82, 2.24) is 5.32 Å². The Labute approximate surface area is 138 Å². The van der Waals surface area contributed by atoms with Crippen LogP contribution in [0, 0.1) is 0 Å². The highest BCUT2D eigenvalue weighted by molar-refractivity contribution is 5.75. The molecule has 2 aromatic carbocycles. The number of carbonyl (C=O) groups is 1. The van der Waals surface area contributed by atoms with E-state index in [-0.39, 0.29) is 12.0 Å². The fourth-order valence-corrected chi connectivity index (χ4v) is 2.35. The van der Waals surface area contributed by atoms with E-state index in [1.165, 1.54) is 0 Å². The van der Waals surface area contributed by atoms with Crippen molar-refractivity contribution in [2.24, 2.45) is 0 Å². The van der Waals surface area contributed by atoms with Crippen molar-refractivity contribution >= 4 is 5.97 Å². The second kappa shape index (κ2) is 8.91. The van der Waals surface area contributed by atoms with Crippen molar-refractivity contribution in [3.63, 3.8) is 0 Å². The number of ether oxygens (including phenoxy) is 1. The summed E-state index contributed by atoms with van der Waals surface area (Å²) in [4.78, 5) is 12.1. The Kier molecular flexibility index (Phi) is 6.57. The maximum atomic E-state index is 12.1. The van der Waals surface area contributed by atoms with Crippen LogP contribution in [0.15, 0.2) is 72.8 Å². The van der Waals surface area contributed by atoms with Crippen molar-refractivity contribution in [2.75, 3.05) is 6.61 Å². The number of rotatable bonds is 7. The summed E-state index contributed by atoms with van der Waals surface area (Å²) in [5, 5.41) is 3.38. The monoisotopic (exact) mass is 309 g/mol. The Morgan fingerprint density at radius 1 is 1.04 bits per heavy atom. The number of nitrogens with one attached hydrogen (secondary N) is 1. The van der Waals surface area contributed by atoms with Gasteiger partial charge in [-0.05, 0) is 25.0 Å². The van der Waals surface area contributed by atoms with Gasteiger partial charge >= 0.3 is 5.97 Å². The summed E-state index contributed by atoms with van der Waals surface area (Å²) in [6.45, 7) is 4.04. The van der Waals surface area contributed by atoms with Crippen molar-refractivity contribution < 1.29 is 9.53 Å². The topological polar surface area (TPSA) is 38.3 Å². The van der Waals surface area contributed by atoms with Crippen molar-refractivity contribution in [1.29, 1.82) is 0 Å². The minimum Gasteiger partial charge on any atom is -0.460 e. The van der Waals surface area contributed by atoms with Crippen LogP contribution in [-0.4, -0.2) is 18.6 Å². The molecule has 1 N–H and O–H groups in total. The summed E-state index contributed by atoms with van der Waals surface area (Å²) in [6, 6.07) is 19.8. The molecule has 1 atom stereocenters. The minimum atomic E-state index is -0.398. The van der Waals surface area contributed by atoms with E-state index >= 15 is 0 Å². The first-order chi connectivity index (χ1) is 11.2. The SMILES string of the molecule is CC=CCOC(=O)[C@H](C)NC(c1ccccc1)c1ccccc1. The number of carbonyl (C=O) groups excluding carboxylic acids is 1. The zero-order valence-corrected chi connectivity index (χ0v) is 13.6. The van der Waals surface area contributed by atoms with Gasteiger partial charge in [0.15, 0.2) is 0 Å². The minimum absolute atomic E-state index is 0.0540. The van der Waals surface area contributed by atoms with Crippen LogP contribution in [0.25, 0.3) is 0 Å². The highest BCUT2D eigenvalue weighted by atomic mass is 16.5. The first kappa shape index (κ1) is 17.0. The third-order valence-electron chi connectivity index (χ3n) is 3.59. The normalized spacial score (nSPS) is 12.5. The zero-order chi connectivity index (χ0) is 16.5. The van der Waals surface area contributed by atoms with E-state index in [0.717, 1.165) is 11.1 Å². The van der Waals surface area contributed by atoms with Gasteiger partial charge in [0.2, 0.25) is 0 Å². The predicted octanol–water partition coefficient (Wildman–Crippen LogP) is 3.87. The molecule has 0 unspecified atom stereocenters. The van der Waals surface area contributed by atoms with Gasteiger partial charge in [0.25, 0.3) is 0 Å². The summed E-state index contributed by atoms with van der Waals surface area (Å²) in [7, 11) is 0. The summed E-state index contributed by atoms with van der Waals surface area (Å²) in [6.07, 6.45) is 3.68. The number of allylic oxidation sites excluding steroid dienone is 1. The molecule has 0 amide bonds. The second-order valence-electron chi connectivity index (χ2n) is 5.34. The maximum Gasteiger partial charge on any atom is 0.323 e. The van der Waals surface area contributed by atoms with E-state index in [2.05, 4.69) is 29.6 Å². The largest absolute Gasteiger partial charge is 0.460 e. The molecule has 0 fully saturated rings. The van der Waals surface area contributed by atoms with E-state index in [1.54, 1.807) is 0 Å². The van der Waals surface area contributed by atoms with Crippen LogP contribution in [0.3, 0.4) is 0 Å². The maximum absolute atomic E-state index is 12.1. The molecule has 0 bridgehead atoms. The fraction of sp³-hybridized carbons (Fsp3) is 0.250. The lowest BCUT2D eigenvalue weighted by molar-refractivity contribution is -0.144. The van der Waals surface area contributed by atoms with Crippen molar-refractivity contribution in [2.45, 2.75) is 25.9 Å². The first-order valence-corrected chi connectivity index (χ1v) is 7.86. The lowest BCUT2D eigenvalue weighted by atomic mass is 9.98.